The zero-order valence-corrected chi connectivity index (χ0v) is 14.2. The summed E-state index contributed by atoms with van der Waals surface area (Å²) in [4.78, 5) is 20.3. The third-order valence-electron chi connectivity index (χ3n) is 5.29. The lowest BCUT2D eigenvalue weighted by atomic mass is 9.81. The van der Waals surface area contributed by atoms with Crippen molar-refractivity contribution in [3.8, 4) is 0 Å². The minimum atomic E-state index is 0.132. The fourth-order valence-corrected chi connectivity index (χ4v) is 4.80. The number of thiophene rings is 1. The predicted octanol–water partition coefficient (Wildman–Crippen LogP) is 2.00. The van der Waals surface area contributed by atoms with Gasteiger partial charge in [0.1, 0.15) is 0 Å². The molecule has 4 heterocycles. The van der Waals surface area contributed by atoms with E-state index in [4.69, 9.17) is 9.57 Å². The Hall–Kier alpha value is -0.950. The molecule has 23 heavy (non-hydrogen) atoms. The van der Waals surface area contributed by atoms with Crippen LogP contribution >= 0.6 is 11.3 Å². The largest absolute Gasteiger partial charge is 0.381 e. The van der Waals surface area contributed by atoms with Crippen molar-refractivity contribution < 1.29 is 14.4 Å². The summed E-state index contributed by atoms with van der Waals surface area (Å²) < 4.78 is 5.81. The molecular weight excluding hydrogens is 312 g/mol. The Bertz CT molecular complexity index is 530. The van der Waals surface area contributed by atoms with Gasteiger partial charge in [-0.05, 0) is 46.6 Å². The Balaban J connectivity index is 1.36. The van der Waals surface area contributed by atoms with Crippen molar-refractivity contribution in [2.45, 2.75) is 19.4 Å². The van der Waals surface area contributed by atoms with Gasteiger partial charge in [-0.3, -0.25) is 14.5 Å². The molecule has 0 aromatic carbocycles. The number of fused-ring (bicyclic) bond motifs is 1. The Morgan fingerprint density at radius 1 is 1.35 bits per heavy atom. The van der Waals surface area contributed by atoms with E-state index in [-0.39, 0.29) is 5.91 Å². The molecule has 6 heteroatoms. The van der Waals surface area contributed by atoms with Crippen LogP contribution in [0.2, 0.25) is 0 Å². The Morgan fingerprint density at radius 3 is 3.09 bits per heavy atom. The molecule has 3 atom stereocenters. The highest BCUT2D eigenvalue weighted by molar-refractivity contribution is 7.07. The van der Waals surface area contributed by atoms with Gasteiger partial charge in [-0.1, -0.05) is 0 Å². The van der Waals surface area contributed by atoms with Crippen LogP contribution in [0.4, 0.5) is 0 Å². The van der Waals surface area contributed by atoms with Crippen molar-refractivity contribution in [2.24, 2.45) is 17.8 Å². The third kappa shape index (κ3) is 3.45. The first-order chi connectivity index (χ1) is 11.3. The lowest BCUT2D eigenvalue weighted by Crippen LogP contribution is -2.38. The van der Waals surface area contributed by atoms with E-state index in [0.29, 0.717) is 37.4 Å². The van der Waals surface area contributed by atoms with Crippen molar-refractivity contribution in [2.75, 3.05) is 39.5 Å². The SMILES string of the molecule is O=C(C[C@@H]1COC[C@H]2CN(Cc3ccsc3)C[C@@H]12)N1CCCO1. The molecule has 0 N–H and O–H groups in total. The second-order valence-electron chi connectivity index (χ2n) is 6.93. The average Bonchev–Trinajstić information content (AvgIpc) is 3.29. The van der Waals surface area contributed by atoms with E-state index < -0.39 is 0 Å². The highest BCUT2D eigenvalue weighted by atomic mass is 32.1. The summed E-state index contributed by atoms with van der Waals surface area (Å²) in [5.74, 6) is 1.61. The summed E-state index contributed by atoms with van der Waals surface area (Å²) in [6, 6.07) is 2.20. The van der Waals surface area contributed by atoms with Gasteiger partial charge in [0.2, 0.25) is 5.91 Å². The molecule has 3 aliphatic rings. The molecule has 3 aliphatic heterocycles. The molecule has 1 amide bonds. The molecule has 0 bridgehead atoms. The zero-order valence-electron chi connectivity index (χ0n) is 13.4. The number of amides is 1. The van der Waals surface area contributed by atoms with E-state index >= 15 is 0 Å². The van der Waals surface area contributed by atoms with Crippen molar-refractivity contribution in [1.82, 2.24) is 9.96 Å². The predicted molar refractivity (Wildman–Crippen MR) is 87.8 cm³/mol. The van der Waals surface area contributed by atoms with Crippen molar-refractivity contribution in [1.29, 1.82) is 0 Å². The summed E-state index contributed by atoms with van der Waals surface area (Å²) in [6.45, 7) is 6.17. The standard InChI is InChI=1S/C17H24N2O3S/c20-17(19-3-1-4-22-19)6-14-10-21-11-15-8-18(9-16(14)15)7-13-2-5-23-12-13/h2,5,12,14-16H,1,3-4,6-11H2/t14-,15-,16+/m1/s1. The highest BCUT2D eigenvalue weighted by Gasteiger charge is 2.42. The number of carbonyl (C=O) groups excluding carboxylic acids is 1. The summed E-state index contributed by atoms with van der Waals surface area (Å²) in [5.41, 5.74) is 1.40. The van der Waals surface area contributed by atoms with Crippen LogP contribution in [0, 0.1) is 17.8 Å². The molecule has 0 aliphatic carbocycles. The topological polar surface area (TPSA) is 42.0 Å². The van der Waals surface area contributed by atoms with Gasteiger partial charge in [-0.2, -0.15) is 11.3 Å². The molecule has 126 valence electrons. The van der Waals surface area contributed by atoms with Gasteiger partial charge in [0.05, 0.1) is 26.4 Å². The van der Waals surface area contributed by atoms with Gasteiger partial charge in [0, 0.05) is 26.1 Å². The van der Waals surface area contributed by atoms with Crippen molar-refractivity contribution in [3.63, 3.8) is 0 Å². The van der Waals surface area contributed by atoms with E-state index in [1.807, 2.05) is 0 Å². The van der Waals surface area contributed by atoms with Crippen molar-refractivity contribution >= 4 is 17.2 Å². The summed E-state index contributed by atoms with van der Waals surface area (Å²) in [7, 11) is 0. The smallest absolute Gasteiger partial charge is 0.246 e. The zero-order chi connectivity index (χ0) is 15.6. The highest BCUT2D eigenvalue weighted by Crippen LogP contribution is 2.36. The number of ether oxygens (including phenoxy) is 1. The second-order valence-corrected chi connectivity index (χ2v) is 7.71. The Labute approximate surface area is 141 Å². The number of hydrogen-bond donors (Lipinski definition) is 0. The molecule has 0 saturated carbocycles. The lowest BCUT2D eigenvalue weighted by Gasteiger charge is -2.33. The molecule has 0 unspecified atom stereocenters. The maximum absolute atomic E-state index is 12.4. The number of hydroxylamine groups is 2. The fourth-order valence-electron chi connectivity index (χ4n) is 4.14. The van der Waals surface area contributed by atoms with Crippen molar-refractivity contribution in [3.05, 3.63) is 22.4 Å². The average molecular weight is 336 g/mol. The first kappa shape index (κ1) is 15.6. The maximum Gasteiger partial charge on any atom is 0.246 e. The van der Waals surface area contributed by atoms with Crippen LogP contribution < -0.4 is 0 Å². The van der Waals surface area contributed by atoms with Gasteiger partial charge >= 0.3 is 0 Å². The van der Waals surface area contributed by atoms with E-state index in [1.165, 1.54) is 5.56 Å². The van der Waals surface area contributed by atoms with E-state index in [9.17, 15) is 4.79 Å². The Morgan fingerprint density at radius 2 is 2.30 bits per heavy atom. The molecule has 0 radical (unpaired) electrons. The minimum absolute atomic E-state index is 0.132. The number of nitrogens with zero attached hydrogens (tertiary/aromatic N) is 2. The quantitative estimate of drug-likeness (QED) is 0.843. The van der Waals surface area contributed by atoms with Crippen LogP contribution in [0.3, 0.4) is 0 Å². The normalized spacial score (nSPS) is 31.5. The van der Waals surface area contributed by atoms with Crippen LogP contribution in [0.1, 0.15) is 18.4 Å². The van der Waals surface area contributed by atoms with Gasteiger partial charge < -0.3 is 4.74 Å². The Kier molecular flexibility index (Phi) is 4.66. The van der Waals surface area contributed by atoms with Gasteiger partial charge in [0.25, 0.3) is 0 Å². The van der Waals surface area contributed by atoms with Crippen LogP contribution in [-0.4, -0.2) is 55.3 Å². The molecule has 0 spiro atoms. The number of likely N-dealkylation sites (tertiary alicyclic amines) is 1. The van der Waals surface area contributed by atoms with Gasteiger partial charge in [-0.25, -0.2) is 5.06 Å². The van der Waals surface area contributed by atoms with Gasteiger partial charge in [0.15, 0.2) is 0 Å². The molecule has 4 rings (SSSR count). The lowest BCUT2D eigenvalue weighted by molar-refractivity contribution is -0.171. The van der Waals surface area contributed by atoms with Crippen LogP contribution in [0.15, 0.2) is 16.8 Å². The van der Waals surface area contributed by atoms with Crippen LogP contribution in [-0.2, 0) is 20.9 Å². The summed E-state index contributed by atoms with van der Waals surface area (Å²) in [6.07, 6.45) is 1.51. The van der Waals surface area contributed by atoms with Gasteiger partial charge in [-0.15, -0.1) is 0 Å². The minimum Gasteiger partial charge on any atom is -0.381 e. The molecule has 1 aromatic rings. The molecule has 5 nitrogen and oxygen atoms in total. The van der Waals surface area contributed by atoms with E-state index in [0.717, 1.165) is 39.2 Å². The molecule has 3 fully saturated rings. The van der Waals surface area contributed by atoms with Crippen LogP contribution in [0.25, 0.3) is 0 Å². The van der Waals surface area contributed by atoms with E-state index in [1.54, 1.807) is 16.4 Å². The second kappa shape index (κ2) is 6.89. The summed E-state index contributed by atoms with van der Waals surface area (Å²) in [5, 5.41) is 5.92. The molecule has 1 aromatic heterocycles. The first-order valence-electron chi connectivity index (χ1n) is 8.54. The fraction of sp³-hybridized carbons (Fsp3) is 0.706. The monoisotopic (exact) mass is 336 g/mol. The number of rotatable bonds is 4. The number of hydrogen-bond acceptors (Lipinski definition) is 5. The molecule has 3 saturated heterocycles. The summed E-state index contributed by atoms with van der Waals surface area (Å²) >= 11 is 1.76. The van der Waals surface area contributed by atoms with Crippen LogP contribution in [0.5, 0.6) is 0 Å². The first-order valence-corrected chi connectivity index (χ1v) is 9.48. The third-order valence-corrected chi connectivity index (χ3v) is 6.02. The molecular formula is C17H24N2O3S. The van der Waals surface area contributed by atoms with E-state index in [2.05, 4.69) is 21.7 Å². The number of carbonyl (C=O) groups is 1. The maximum atomic E-state index is 12.4.